The number of aromatic hydroxyl groups is 1. The molecule has 0 heterocycles. The number of carboxylic acids is 1. The van der Waals surface area contributed by atoms with E-state index in [9.17, 15) is 9.90 Å². The van der Waals surface area contributed by atoms with Crippen molar-refractivity contribution >= 4 is 16.7 Å². The van der Waals surface area contributed by atoms with Gasteiger partial charge in [-0.1, -0.05) is 24.3 Å². The lowest BCUT2D eigenvalue weighted by molar-refractivity contribution is -0.138. The minimum absolute atomic E-state index is 0.188. The van der Waals surface area contributed by atoms with Gasteiger partial charge in [0.05, 0.1) is 5.92 Å². The monoisotopic (exact) mass is 216 g/mol. The number of rotatable bonds is 2. The number of hydrogen-bond acceptors (Lipinski definition) is 2. The van der Waals surface area contributed by atoms with Crippen molar-refractivity contribution in [1.82, 2.24) is 0 Å². The van der Waals surface area contributed by atoms with Gasteiger partial charge in [-0.3, -0.25) is 4.79 Å². The van der Waals surface area contributed by atoms with Crippen molar-refractivity contribution < 1.29 is 15.0 Å². The van der Waals surface area contributed by atoms with Crippen LogP contribution in [0, 0.1) is 0 Å². The van der Waals surface area contributed by atoms with Crippen LogP contribution < -0.4 is 0 Å². The molecule has 16 heavy (non-hydrogen) atoms. The maximum Gasteiger partial charge on any atom is 0.310 e. The van der Waals surface area contributed by atoms with Crippen LogP contribution >= 0.6 is 0 Å². The Morgan fingerprint density at radius 3 is 2.69 bits per heavy atom. The van der Waals surface area contributed by atoms with Crippen molar-refractivity contribution in [2.24, 2.45) is 0 Å². The van der Waals surface area contributed by atoms with Crippen molar-refractivity contribution in [1.29, 1.82) is 0 Å². The Bertz CT molecular complexity index is 546. The third-order valence-electron chi connectivity index (χ3n) is 2.73. The summed E-state index contributed by atoms with van der Waals surface area (Å²) in [6.45, 7) is 1.66. The molecule has 0 radical (unpaired) electrons. The average Bonchev–Trinajstić information content (AvgIpc) is 2.26. The molecule has 1 atom stereocenters. The Morgan fingerprint density at radius 1 is 1.25 bits per heavy atom. The highest BCUT2D eigenvalue weighted by Crippen LogP contribution is 2.28. The Balaban J connectivity index is 2.66. The molecule has 82 valence electrons. The van der Waals surface area contributed by atoms with E-state index in [0.717, 1.165) is 16.3 Å². The van der Waals surface area contributed by atoms with E-state index >= 15 is 0 Å². The largest absolute Gasteiger partial charge is 0.508 e. The lowest BCUT2D eigenvalue weighted by Gasteiger charge is -2.10. The summed E-state index contributed by atoms with van der Waals surface area (Å²) in [6, 6.07) is 10.4. The first-order valence-corrected chi connectivity index (χ1v) is 5.04. The molecule has 3 heteroatoms. The molecule has 0 saturated carbocycles. The molecule has 0 saturated heterocycles. The molecule has 0 aliphatic carbocycles. The molecule has 0 amide bonds. The Kier molecular flexibility index (Phi) is 2.52. The highest BCUT2D eigenvalue weighted by molar-refractivity contribution is 5.91. The predicted molar refractivity (Wildman–Crippen MR) is 61.7 cm³/mol. The van der Waals surface area contributed by atoms with Gasteiger partial charge in [-0.25, -0.2) is 0 Å². The molecule has 2 N–H and O–H groups in total. The first kappa shape index (κ1) is 10.5. The molecule has 1 unspecified atom stereocenters. The Labute approximate surface area is 93.0 Å². The van der Waals surface area contributed by atoms with E-state index in [1.165, 1.54) is 0 Å². The zero-order chi connectivity index (χ0) is 11.7. The van der Waals surface area contributed by atoms with Crippen LogP contribution in [0.1, 0.15) is 18.4 Å². The first-order chi connectivity index (χ1) is 7.59. The summed E-state index contributed by atoms with van der Waals surface area (Å²) in [7, 11) is 0. The van der Waals surface area contributed by atoms with Crippen LogP contribution in [0.15, 0.2) is 36.4 Å². The molecule has 2 rings (SSSR count). The van der Waals surface area contributed by atoms with Crippen molar-refractivity contribution in [2.75, 3.05) is 0 Å². The molecule has 0 bridgehead atoms. The minimum Gasteiger partial charge on any atom is -0.508 e. The van der Waals surface area contributed by atoms with Gasteiger partial charge in [-0.2, -0.15) is 0 Å². The second-order valence-electron chi connectivity index (χ2n) is 3.81. The highest BCUT2D eigenvalue weighted by atomic mass is 16.4. The zero-order valence-corrected chi connectivity index (χ0v) is 8.84. The number of benzene rings is 2. The SMILES string of the molecule is CC(C(=O)O)c1cccc2cc(O)ccc12. The van der Waals surface area contributed by atoms with Gasteiger partial charge in [-0.05, 0) is 35.4 Å². The molecule has 2 aromatic rings. The van der Waals surface area contributed by atoms with Crippen LogP contribution in [0.2, 0.25) is 0 Å². The van der Waals surface area contributed by atoms with Crippen LogP contribution in [-0.4, -0.2) is 16.2 Å². The van der Waals surface area contributed by atoms with Crippen molar-refractivity contribution in [2.45, 2.75) is 12.8 Å². The Morgan fingerprint density at radius 2 is 2.00 bits per heavy atom. The van der Waals surface area contributed by atoms with E-state index in [0.29, 0.717) is 0 Å². The molecule has 2 aromatic carbocycles. The van der Waals surface area contributed by atoms with Gasteiger partial charge in [-0.15, -0.1) is 0 Å². The fourth-order valence-corrected chi connectivity index (χ4v) is 1.81. The minimum atomic E-state index is -0.847. The lowest BCUT2D eigenvalue weighted by atomic mass is 9.95. The predicted octanol–water partition coefficient (Wildman–Crippen LogP) is 2.73. The van der Waals surface area contributed by atoms with Crippen molar-refractivity contribution in [3.05, 3.63) is 42.0 Å². The number of aliphatic carboxylic acids is 1. The fourth-order valence-electron chi connectivity index (χ4n) is 1.81. The standard InChI is InChI=1S/C13H12O3/c1-8(13(15)16)11-4-2-3-9-7-10(14)5-6-12(9)11/h2-8,14H,1H3,(H,15,16). The normalized spacial score (nSPS) is 12.6. The number of phenols is 1. The summed E-state index contributed by atoms with van der Waals surface area (Å²) in [4.78, 5) is 11.0. The van der Waals surface area contributed by atoms with E-state index in [1.807, 2.05) is 6.07 Å². The second kappa shape index (κ2) is 3.85. The fraction of sp³-hybridized carbons (Fsp3) is 0.154. The molecule has 3 nitrogen and oxygen atoms in total. The summed E-state index contributed by atoms with van der Waals surface area (Å²) in [6.07, 6.45) is 0. The molecule has 0 spiro atoms. The quantitative estimate of drug-likeness (QED) is 0.811. The third-order valence-corrected chi connectivity index (χ3v) is 2.73. The molecular weight excluding hydrogens is 204 g/mol. The summed E-state index contributed by atoms with van der Waals surface area (Å²) in [5, 5.41) is 20.1. The van der Waals surface area contributed by atoms with E-state index in [-0.39, 0.29) is 5.75 Å². The van der Waals surface area contributed by atoms with Crippen LogP contribution in [0.25, 0.3) is 10.8 Å². The maximum atomic E-state index is 11.0. The molecule has 0 fully saturated rings. The third kappa shape index (κ3) is 1.72. The van der Waals surface area contributed by atoms with E-state index in [2.05, 4.69) is 0 Å². The topological polar surface area (TPSA) is 57.5 Å². The van der Waals surface area contributed by atoms with Crippen LogP contribution in [0.5, 0.6) is 5.75 Å². The summed E-state index contributed by atoms with van der Waals surface area (Å²) in [5.41, 5.74) is 0.769. The average molecular weight is 216 g/mol. The first-order valence-electron chi connectivity index (χ1n) is 5.04. The summed E-state index contributed by atoms with van der Waals surface area (Å²) in [5.74, 6) is -1.21. The van der Waals surface area contributed by atoms with E-state index < -0.39 is 11.9 Å². The molecule has 0 aromatic heterocycles. The van der Waals surface area contributed by atoms with Gasteiger partial charge in [0.15, 0.2) is 0 Å². The number of phenolic OH excluding ortho intramolecular Hbond substituents is 1. The number of hydrogen-bond donors (Lipinski definition) is 2. The van der Waals surface area contributed by atoms with Gasteiger partial charge in [0.25, 0.3) is 0 Å². The smallest absolute Gasteiger partial charge is 0.310 e. The maximum absolute atomic E-state index is 11.0. The van der Waals surface area contributed by atoms with Crippen LogP contribution in [-0.2, 0) is 4.79 Å². The van der Waals surface area contributed by atoms with E-state index in [4.69, 9.17) is 5.11 Å². The van der Waals surface area contributed by atoms with Crippen molar-refractivity contribution in [3.63, 3.8) is 0 Å². The van der Waals surface area contributed by atoms with Gasteiger partial charge < -0.3 is 10.2 Å². The van der Waals surface area contributed by atoms with Gasteiger partial charge >= 0.3 is 5.97 Å². The lowest BCUT2D eigenvalue weighted by Crippen LogP contribution is -2.07. The zero-order valence-electron chi connectivity index (χ0n) is 8.84. The Hall–Kier alpha value is -2.03. The van der Waals surface area contributed by atoms with Crippen LogP contribution in [0.3, 0.4) is 0 Å². The van der Waals surface area contributed by atoms with Gasteiger partial charge in [0.1, 0.15) is 5.75 Å². The summed E-state index contributed by atoms with van der Waals surface area (Å²) < 4.78 is 0. The van der Waals surface area contributed by atoms with E-state index in [1.54, 1.807) is 37.3 Å². The highest BCUT2D eigenvalue weighted by Gasteiger charge is 2.15. The molecule has 0 aliphatic heterocycles. The second-order valence-corrected chi connectivity index (χ2v) is 3.81. The number of fused-ring (bicyclic) bond motifs is 1. The van der Waals surface area contributed by atoms with Crippen LogP contribution in [0.4, 0.5) is 0 Å². The summed E-state index contributed by atoms with van der Waals surface area (Å²) >= 11 is 0. The van der Waals surface area contributed by atoms with Crippen molar-refractivity contribution in [3.8, 4) is 5.75 Å². The number of carbonyl (C=O) groups is 1. The molecular formula is C13H12O3. The van der Waals surface area contributed by atoms with Gasteiger partial charge in [0.2, 0.25) is 0 Å². The number of carboxylic acid groups (broad SMARTS) is 1. The molecule has 0 aliphatic rings. The van der Waals surface area contributed by atoms with Gasteiger partial charge in [0, 0.05) is 0 Å².